The quantitative estimate of drug-likeness (QED) is 0.220. The summed E-state index contributed by atoms with van der Waals surface area (Å²) in [6.07, 6.45) is 6.37. The first-order chi connectivity index (χ1) is 21.7. The first-order valence-electron chi connectivity index (χ1n) is 15.9. The van der Waals surface area contributed by atoms with Gasteiger partial charge in [-0.05, 0) is 73.6 Å². The Morgan fingerprint density at radius 3 is 2.44 bits per heavy atom. The summed E-state index contributed by atoms with van der Waals surface area (Å²) in [7, 11) is 2.03. The number of aromatic nitrogens is 3. The zero-order valence-corrected chi connectivity index (χ0v) is 26.3. The molecule has 5 nitrogen and oxygen atoms in total. The number of aliphatic hydroxyl groups is 1. The maximum Gasteiger partial charge on any atom is 0.160 e. The van der Waals surface area contributed by atoms with E-state index in [1.165, 1.54) is 6.07 Å². The summed E-state index contributed by atoms with van der Waals surface area (Å²) in [5, 5.41) is 13.0. The second-order valence-corrected chi connectivity index (χ2v) is 13.2. The smallest absolute Gasteiger partial charge is 0.160 e. The lowest BCUT2D eigenvalue weighted by Crippen LogP contribution is -2.56. The maximum absolute atomic E-state index is 15.5. The van der Waals surface area contributed by atoms with Crippen molar-refractivity contribution >= 4 is 16.6 Å². The third kappa shape index (κ3) is 4.74. The molecule has 228 valence electrons. The second kappa shape index (κ2) is 11.2. The van der Waals surface area contributed by atoms with Crippen molar-refractivity contribution < 1.29 is 9.50 Å². The number of aliphatic hydroxyl groups excluding tert-OH is 1. The largest absolute Gasteiger partial charge is 0.388 e. The topological polar surface area (TPSA) is 62.1 Å². The van der Waals surface area contributed by atoms with Crippen molar-refractivity contribution in [2.45, 2.75) is 58.0 Å². The van der Waals surface area contributed by atoms with Crippen molar-refractivity contribution in [3.63, 3.8) is 0 Å². The number of anilines is 1. The van der Waals surface area contributed by atoms with Crippen LogP contribution < -0.4 is 4.90 Å². The molecule has 2 aliphatic rings. The average Bonchev–Trinajstić information content (AvgIpc) is 3.07. The molecule has 45 heavy (non-hydrogen) atoms. The Balaban J connectivity index is 1.47. The van der Waals surface area contributed by atoms with Crippen LogP contribution in [-0.2, 0) is 11.8 Å². The number of pyridine rings is 1. The van der Waals surface area contributed by atoms with Crippen LogP contribution in [0.2, 0.25) is 0 Å². The molecule has 7 rings (SSSR count). The molecule has 4 atom stereocenters. The van der Waals surface area contributed by atoms with Crippen molar-refractivity contribution in [1.29, 1.82) is 0 Å². The fourth-order valence-electron chi connectivity index (χ4n) is 8.19. The molecule has 0 spiro atoms. The third-order valence-electron chi connectivity index (χ3n) is 10.6. The van der Waals surface area contributed by atoms with Crippen LogP contribution in [0.5, 0.6) is 0 Å². The number of fused-ring (bicyclic) bond motifs is 4. The summed E-state index contributed by atoms with van der Waals surface area (Å²) in [6.45, 7) is 6.72. The Hall–Kier alpha value is -4.42. The molecule has 0 bridgehead atoms. The fraction of sp³-hybridized carbons (Fsp3) is 0.308. The van der Waals surface area contributed by atoms with Gasteiger partial charge in [-0.15, -0.1) is 0 Å². The van der Waals surface area contributed by atoms with Gasteiger partial charge < -0.3 is 10.0 Å². The fourth-order valence-corrected chi connectivity index (χ4v) is 8.19. The van der Waals surface area contributed by atoms with Gasteiger partial charge in [-0.25, -0.2) is 14.4 Å². The van der Waals surface area contributed by atoms with Crippen LogP contribution in [0.4, 0.5) is 10.1 Å². The van der Waals surface area contributed by atoms with Gasteiger partial charge in [0.15, 0.2) is 5.82 Å². The Morgan fingerprint density at radius 2 is 1.67 bits per heavy atom. The van der Waals surface area contributed by atoms with Crippen LogP contribution in [0, 0.1) is 17.2 Å². The minimum Gasteiger partial charge on any atom is -0.388 e. The number of benzene rings is 3. The van der Waals surface area contributed by atoms with E-state index in [4.69, 9.17) is 9.97 Å². The average molecular weight is 599 g/mol. The van der Waals surface area contributed by atoms with Gasteiger partial charge in [-0.3, -0.25) is 4.98 Å². The van der Waals surface area contributed by atoms with Crippen LogP contribution in [0.25, 0.3) is 33.5 Å². The van der Waals surface area contributed by atoms with E-state index in [9.17, 15) is 5.11 Å². The number of halogens is 1. The van der Waals surface area contributed by atoms with Crippen LogP contribution in [0.1, 0.15) is 51.3 Å². The van der Waals surface area contributed by atoms with Crippen molar-refractivity contribution in [3.8, 4) is 22.6 Å². The molecule has 1 N–H and O–H groups in total. The Morgan fingerprint density at radius 1 is 0.933 bits per heavy atom. The first kappa shape index (κ1) is 29.3. The molecule has 1 saturated carbocycles. The molecule has 2 aromatic heterocycles. The normalized spacial score (nSPS) is 25.2. The predicted octanol–water partition coefficient (Wildman–Crippen LogP) is 8.52. The number of hydrogen-bond donors (Lipinski definition) is 1. The van der Waals surface area contributed by atoms with Gasteiger partial charge in [0, 0.05) is 58.0 Å². The highest BCUT2D eigenvalue weighted by atomic mass is 19.1. The van der Waals surface area contributed by atoms with E-state index in [-0.39, 0.29) is 17.2 Å². The zero-order valence-electron chi connectivity index (χ0n) is 26.3. The molecule has 1 fully saturated rings. The lowest BCUT2D eigenvalue weighted by Gasteiger charge is -2.57. The van der Waals surface area contributed by atoms with Crippen LogP contribution in [0.15, 0.2) is 103 Å². The molecule has 6 heteroatoms. The van der Waals surface area contributed by atoms with Crippen molar-refractivity contribution in [2.75, 3.05) is 11.9 Å². The molecule has 2 heterocycles. The van der Waals surface area contributed by atoms with Gasteiger partial charge in [0.05, 0.1) is 23.0 Å². The molecule has 0 amide bonds. The summed E-state index contributed by atoms with van der Waals surface area (Å²) in [5.74, 6) is 0.449. The van der Waals surface area contributed by atoms with Gasteiger partial charge in [-0.2, -0.15) is 0 Å². The molecule has 5 aromatic rings. The van der Waals surface area contributed by atoms with Crippen LogP contribution in [0.3, 0.4) is 0 Å². The van der Waals surface area contributed by atoms with E-state index in [1.54, 1.807) is 12.3 Å². The molecular weight excluding hydrogens is 559 g/mol. The molecule has 0 aliphatic heterocycles. The van der Waals surface area contributed by atoms with E-state index in [0.717, 1.165) is 58.2 Å². The van der Waals surface area contributed by atoms with E-state index in [1.807, 2.05) is 67.7 Å². The predicted molar refractivity (Wildman–Crippen MR) is 179 cm³/mol. The molecular formula is C39H39FN4O. The SMILES string of the molecule is CC[C@@]1(C)C(O)/C(=C\N(C)c2ccccc2)C[C@@]2(C)c3nc(-c4ccnc5ccccc45)nc(-c4ccccc4F)c3CC[C@@H]21. The lowest BCUT2D eigenvalue weighted by molar-refractivity contribution is -0.0555. The number of para-hydroxylation sites is 2. The first-order valence-corrected chi connectivity index (χ1v) is 15.9. The van der Waals surface area contributed by atoms with E-state index in [0.29, 0.717) is 23.5 Å². The Kier molecular flexibility index (Phi) is 7.28. The van der Waals surface area contributed by atoms with Crippen molar-refractivity contribution in [3.05, 3.63) is 120 Å². The van der Waals surface area contributed by atoms with Crippen LogP contribution >= 0.6 is 0 Å². The monoisotopic (exact) mass is 598 g/mol. The van der Waals surface area contributed by atoms with Crippen molar-refractivity contribution in [2.24, 2.45) is 11.3 Å². The second-order valence-electron chi connectivity index (χ2n) is 13.2. The summed E-state index contributed by atoms with van der Waals surface area (Å²) in [4.78, 5) is 17.2. The van der Waals surface area contributed by atoms with Crippen LogP contribution in [-0.4, -0.2) is 33.2 Å². The summed E-state index contributed by atoms with van der Waals surface area (Å²) >= 11 is 0. The summed E-state index contributed by atoms with van der Waals surface area (Å²) < 4.78 is 15.5. The maximum atomic E-state index is 15.5. The number of hydrogen-bond acceptors (Lipinski definition) is 5. The zero-order chi connectivity index (χ0) is 31.3. The number of rotatable bonds is 5. The van der Waals surface area contributed by atoms with Crippen molar-refractivity contribution in [1.82, 2.24) is 15.0 Å². The minimum atomic E-state index is -0.593. The molecule has 0 saturated heterocycles. The van der Waals surface area contributed by atoms with Gasteiger partial charge in [-0.1, -0.05) is 69.3 Å². The van der Waals surface area contributed by atoms with E-state index < -0.39 is 11.5 Å². The van der Waals surface area contributed by atoms with E-state index in [2.05, 4.69) is 49.0 Å². The Bertz CT molecular complexity index is 1920. The summed E-state index contributed by atoms with van der Waals surface area (Å²) in [5.41, 5.74) is 6.11. The Labute approximate surface area is 264 Å². The lowest BCUT2D eigenvalue weighted by atomic mass is 9.48. The van der Waals surface area contributed by atoms with Gasteiger partial charge in [0.2, 0.25) is 0 Å². The third-order valence-corrected chi connectivity index (χ3v) is 10.6. The summed E-state index contributed by atoms with van der Waals surface area (Å²) in [6, 6.07) is 27.1. The number of nitrogens with zero attached hydrogens (tertiary/aromatic N) is 4. The molecule has 3 aromatic carbocycles. The standard InChI is InChI=1S/C39H39FN4O/c1-5-38(2)33-20-19-30-34(29-16-9-11-17-31(29)40)42-37(28-21-22-41-32-18-12-10-15-27(28)32)43-35(30)39(33,3)23-25(36(38)45)24-44(4)26-13-7-6-8-14-26/h6-18,21-22,24,33,36,45H,5,19-20,23H2,1-4H3/b25-24-/t33-,36?,38-,39-/m1/s1. The molecule has 2 aliphatic carbocycles. The highest BCUT2D eigenvalue weighted by Gasteiger charge is 2.57. The van der Waals surface area contributed by atoms with Gasteiger partial charge in [0.25, 0.3) is 0 Å². The molecule has 1 unspecified atom stereocenters. The van der Waals surface area contributed by atoms with Gasteiger partial charge in [0.1, 0.15) is 5.82 Å². The minimum absolute atomic E-state index is 0.169. The van der Waals surface area contributed by atoms with E-state index >= 15 is 4.39 Å². The van der Waals surface area contributed by atoms with Gasteiger partial charge >= 0.3 is 0 Å². The highest BCUT2D eigenvalue weighted by molar-refractivity contribution is 5.92. The highest BCUT2D eigenvalue weighted by Crippen LogP contribution is 2.60. The molecule has 0 radical (unpaired) electrons.